The molecule has 22 heavy (non-hydrogen) atoms. The maximum atomic E-state index is 11.2. The highest BCUT2D eigenvalue weighted by molar-refractivity contribution is 5.85. The first-order valence-corrected chi connectivity index (χ1v) is 6.17. The topological polar surface area (TPSA) is 94.9 Å². The summed E-state index contributed by atoms with van der Waals surface area (Å²) in [7, 11) is 1.32. The lowest BCUT2D eigenvalue weighted by molar-refractivity contribution is -0.754. The molecule has 0 unspecified atom stereocenters. The molecule has 2 aromatic heterocycles. The molecule has 0 aromatic carbocycles. The number of carbonyl (C=O) groups is 1. The molecule has 120 valence electrons. The molecule has 0 radical (unpaired) electrons. The molecule has 0 spiro atoms. The van der Waals surface area contributed by atoms with Gasteiger partial charge in [0.05, 0.1) is 7.11 Å². The molecule has 2 N–H and O–H groups in total. The molecule has 0 aliphatic heterocycles. The minimum atomic E-state index is -0.633. The predicted octanol–water partition coefficient (Wildman–Crippen LogP) is -2.86. The monoisotopic (exact) mass is 389 g/mol. The van der Waals surface area contributed by atoms with Crippen molar-refractivity contribution in [3.05, 3.63) is 36.9 Å². The molecule has 2 aromatic rings. The van der Waals surface area contributed by atoms with Gasteiger partial charge in [0.2, 0.25) is 0 Å². The van der Waals surface area contributed by atoms with Crippen LogP contribution in [0, 0.1) is 0 Å². The van der Waals surface area contributed by atoms with Crippen molar-refractivity contribution < 1.29 is 31.2 Å². The third kappa shape index (κ3) is 5.63. The van der Waals surface area contributed by atoms with Crippen LogP contribution < -0.4 is 27.4 Å². The Bertz CT molecular complexity index is 570. The Hall–Kier alpha value is -1.64. The highest BCUT2D eigenvalue weighted by Crippen LogP contribution is 2.09. The van der Waals surface area contributed by atoms with E-state index in [1.54, 1.807) is 35.5 Å². The number of nitrogens with two attached hydrogens (primary N) is 1. The van der Waals surface area contributed by atoms with Crippen LogP contribution in [0.15, 0.2) is 36.9 Å². The number of hydrogen-bond acceptors (Lipinski definition) is 6. The number of esters is 1. The molecule has 2 heterocycles. The second-order valence-electron chi connectivity index (χ2n) is 4.17. The number of rotatable bonds is 5. The van der Waals surface area contributed by atoms with Gasteiger partial charge in [-0.1, -0.05) is 4.68 Å². The highest BCUT2D eigenvalue weighted by atomic mass is 79.9. The number of methoxy groups -OCH3 is 1. The summed E-state index contributed by atoms with van der Waals surface area (Å²) in [4.78, 5) is 19.5. The standard InChI is InChI=1S/C13H16N5O2.BrH.ClH/c1-20-13(19)11(14)4-8-18-7-3-10(9-17-18)12-15-5-2-6-16-12;;/h2-3,5-7,9,11H,4,8,14H2,1H3;2*1H/q+1;;/p-1/t11-;;/m1../s1. The van der Waals surface area contributed by atoms with E-state index in [1.807, 2.05) is 6.07 Å². The summed E-state index contributed by atoms with van der Waals surface area (Å²) in [5.74, 6) is 0.207. The van der Waals surface area contributed by atoms with E-state index in [0.717, 1.165) is 5.56 Å². The largest absolute Gasteiger partial charge is 1.00 e. The van der Waals surface area contributed by atoms with Crippen LogP contribution >= 0.6 is 12.4 Å². The SMILES string of the molecule is COC(=O)[C@H](N)CC[n+]1ccc(-c2ncccn2)cn1.Cl.[Br-]. The van der Waals surface area contributed by atoms with Gasteiger partial charge in [0.25, 0.3) is 0 Å². The summed E-state index contributed by atoms with van der Waals surface area (Å²) in [6, 6.07) is 2.99. The molecule has 0 aliphatic rings. The third-order valence-corrected chi connectivity index (χ3v) is 2.77. The normalized spacial score (nSPS) is 10.8. The number of hydrogen-bond donors (Lipinski definition) is 1. The fraction of sp³-hybridized carbons (Fsp3) is 0.308. The molecule has 0 bridgehead atoms. The number of aromatic nitrogens is 4. The van der Waals surface area contributed by atoms with Gasteiger partial charge in [0.1, 0.15) is 12.2 Å². The first-order valence-electron chi connectivity index (χ1n) is 6.17. The van der Waals surface area contributed by atoms with Crippen molar-refractivity contribution in [2.24, 2.45) is 5.73 Å². The van der Waals surface area contributed by atoms with Crippen LogP contribution in [0.3, 0.4) is 0 Å². The van der Waals surface area contributed by atoms with Gasteiger partial charge >= 0.3 is 5.97 Å². The maximum Gasteiger partial charge on any atom is 0.322 e. The van der Waals surface area contributed by atoms with Crippen molar-refractivity contribution in [2.75, 3.05) is 7.11 Å². The molecule has 0 saturated heterocycles. The second-order valence-corrected chi connectivity index (χ2v) is 4.17. The lowest BCUT2D eigenvalue weighted by Crippen LogP contribution is -3.00. The van der Waals surface area contributed by atoms with Gasteiger partial charge in [0, 0.05) is 30.4 Å². The zero-order chi connectivity index (χ0) is 14.4. The van der Waals surface area contributed by atoms with E-state index in [2.05, 4.69) is 19.8 Å². The van der Waals surface area contributed by atoms with E-state index in [9.17, 15) is 4.79 Å². The fourth-order valence-corrected chi connectivity index (χ4v) is 1.64. The molecule has 0 saturated carbocycles. The van der Waals surface area contributed by atoms with Crippen molar-refractivity contribution in [1.82, 2.24) is 15.1 Å². The molecular formula is C13H17BrClN5O2. The Morgan fingerprint density at radius 1 is 1.41 bits per heavy atom. The number of ether oxygens (including phenoxy) is 1. The third-order valence-electron chi connectivity index (χ3n) is 2.77. The van der Waals surface area contributed by atoms with Crippen molar-refractivity contribution in [3.63, 3.8) is 0 Å². The van der Waals surface area contributed by atoms with Crippen LogP contribution in [0.4, 0.5) is 0 Å². The van der Waals surface area contributed by atoms with Crippen LogP contribution in [0.5, 0.6) is 0 Å². The van der Waals surface area contributed by atoms with E-state index in [-0.39, 0.29) is 29.4 Å². The average Bonchev–Trinajstić information content (AvgIpc) is 2.53. The van der Waals surface area contributed by atoms with E-state index in [0.29, 0.717) is 18.8 Å². The minimum absolute atomic E-state index is 0. The predicted molar refractivity (Wildman–Crippen MR) is 77.3 cm³/mol. The van der Waals surface area contributed by atoms with Crippen molar-refractivity contribution in [3.8, 4) is 11.4 Å². The van der Waals surface area contributed by atoms with E-state index < -0.39 is 12.0 Å². The molecule has 0 fully saturated rings. The number of nitrogens with zero attached hydrogens (tertiary/aromatic N) is 4. The quantitative estimate of drug-likeness (QED) is 0.436. The smallest absolute Gasteiger partial charge is 0.322 e. The zero-order valence-corrected chi connectivity index (χ0v) is 14.3. The van der Waals surface area contributed by atoms with E-state index in [1.165, 1.54) is 7.11 Å². The van der Waals surface area contributed by atoms with Gasteiger partial charge in [0.15, 0.2) is 18.6 Å². The van der Waals surface area contributed by atoms with Crippen molar-refractivity contribution in [2.45, 2.75) is 19.0 Å². The number of aryl methyl sites for hydroxylation is 1. The maximum absolute atomic E-state index is 11.2. The number of halogens is 2. The Morgan fingerprint density at radius 3 is 2.64 bits per heavy atom. The summed E-state index contributed by atoms with van der Waals surface area (Å²) in [5.41, 5.74) is 6.49. The summed E-state index contributed by atoms with van der Waals surface area (Å²) in [5, 5.41) is 4.24. The van der Waals surface area contributed by atoms with Crippen LogP contribution in [0.1, 0.15) is 6.42 Å². The molecule has 0 aliphatic carbocycles. The Morgan fingerprint density at radius 2 is 2.09 bits per heavy atom. The van der Waals surface area contributed by atoms with Crippen LogP contribution in [-0.2, 0) is 16.1 Å². The minimum Gasteiger partial charge on any atom is -1.00 e. The Kier molecular flexibility index (Phi) is 9.39. The molecule has 0 amide bonds. The lowest BCUT2D eigenvalue weighted by atomic mass is 10.2. The van der Waals surface area contributed by atoms with Gasteiger partial charge in [-0.05, 0) is 11.2 Å². The summed E-state index contributed by atoms with van der Waals surface area (Å²) in [6.07, 6.45) is 7.30. The molecule has 7 nitrogen and oxygen atoms in total. The summed E-state index contributed by atoms with van der Waals surface area (Å²) < 4.78 is 6.27. The first kappa shape index (κ1) is 20.4. The fourth-order valence-electron chi connectivity index (χ4n) is 1.64. The summed E-state index contributed by atoms with van der Waals surface area (Å²) >= 11 is 0. The molecular weight excluding hydrogens is 374 g/mol. The molecule has 1 atom stereocenters. The van der Waals surface area contributed by atoms with Crippen molar-refractivity contribution in [1.29, 1.82) is 0 Å². The van der Waals surface area contributed by atoms with Crippen LogP contribution in [0.25, 0.3) is 11.4 Å². The van der Waals surface area contributed by atoms with E-state index >= 15 is 0 Å². The summed E-state index contributed by atoms with van der Waals surface area (Å²) in [6.45, 7) is 0.534. The van der Waals surface area contributed by atoms with Crippen LogP contribution in [0.2, 0.25) is 0 Å². The van der Waals surface area contributed by atoms with Crippen molar-refractivity contribution >= 4 is 18.4 Å². The van der Waals surface area contributed by atoms with Crippen LogP contribution in [-0.4, -0.2) is 34.2 Å². The second kappa shape index (κ2) is 10.1. The molecule has 2 rings (SSSR count). The van der Waals surface area contributed by atoms with Gasteiger partial charge < -0.3 is 27.5 Å². The lowest BCUT2D eigenvalue weighted by Gasteiger charge is -2.05. The first-order chi connectivity index (χ1) is 9.70. The van der Waals surface area contributed by atoms with E-state index in [4.69, 9.17) is 5.73 Å². The number of carbonyl (C=O) groups excluding carboxylic acids is 1. The van der Waals surface area contributed by atoms with Gasteiger partial charge in [-0.15, -0.1) is 12.4 Å². The Labute approximate surface area is 145 Å². The highest BCUT2D eigenvalue weighted by Gasteiger charge is 2.16. The van der Waals surface area contributed by atoms with Gasteiger partial charge in [-0.3, -0.25) is 4.79 Å². The average molecular weight is 391 g/mol. The van der Waals surface area contributed by atoms with Gasteiger partial charge in [-0.25, -0.2) is 9.97 Å². The van der Waals surface area contributed by atoms with Gasteiger partial charge in [-0.2, -0.15) is 0 Å². The Balaban J connectivity index is 0.00000220. The molecule has 9 heteroatoms. The zero-order valence-electron chi connectivity index (χ0n) is 11.9.